The van der Waals surface area contributed by atoms with Crippen LogP contribution in [0.15, 0.2) is 48.8 Å². The second-order valence-electron chi connectivity index (χ2n) is 7.18. The van der Waals surface area contributed by atoms with Crippen LogP contribution in [0.25, 0.3) is 11.3 Å². The molecular weight excluding hydrogens is 368 g/mol. The fourth-order valence-corrected chi connectivity index (χ4v) is 3.78. The van der Waals surface area contributed by atoms with Gasteiger partial charge >= 0.3 is 0 Å². The number of carbonyl (C=O) groups is 1. The van der Waals surface area contributed by atoms with Gasteiger partial charge in [-0.1, -0.05) is 6.07 Å². The second kappa shape index (κ2) is 8.36. The van der Waals surface area contributed by atoms with Gasteiger partial charge in [-0.15, -0.1) is 0 Å². The zero-order valence-electron chi connectivity index (χ0n) is 16.1. The first-order valence-electron chi connectivity index (χ1n) is 9.55. The summed E-state index contributed by atoms with van der Waals surface area (Å²) >= 11 is 0. The van der Waals surface area contributed by atoms with E-state index in [4.69, 9.17) is 14.9 Å². The lowest BCUT2D eigenvalue weighted by Gasteiger charge is -2.24. The summed E-state index contributed by atoms with van der Waals surface area (Å²) in [7, 11) is 1.59. The van der Waals surface area contributed by atoms with Gasteiger partial charge in [-0.25, -0.2) is 20.4 Å². The van der Waals surface area contributed by atoms with E-state index in [1.807, 2.05) is 30.3 Å². The van der Waals surface area contributed by atoms with E-state index in [1.165, 1.54) is 5.56 Å². The van der Waals surface area contributed by atoms with E-state index in [1.54, 1.807) is 31.0 Å². The topological polar surface area (TPSA) is 97.2 Å². The Kier molecular flexibility index (Phi) is 5.48. The predicted molar refractivity (Wildman–Crippen MR) is 107 cm³/mol. The largest absolute Gasteiger partial charge is 0.481 e. The molecule has 0 fully saturated rings. The van der Waals surface area contributed by atoms with Crippen molar-refractivity contribution in [3.05, 3.63) is 71.3 Å². The highest BCUT2D eigenvalue weighted by atomic mass is 16.5. The second-order valence-corrected chi connectivity index (χ2v) is 7.18. The van der Waals surface area contributed by atoms with Crippen LogP contribution >= 0.6 is 0 Å². The molecule has 3 aromatic rings. The van der Waals surface area contributed by atoms with E-state index in [9.17, 15) is 4.79 Å². The van der Waals surface area contributed by atoms with Crippen molar-refractivity contribution in [2.24, 2.45) is 5.92 Å². The lowest BCUT2D eigenvalue weighted by molar-refractivity contribution is 0.0706. The Bertz CT molecular complexity index is 1020. The van der Waals surface area contributed by atoms with Crippen molar-refractivity contribution in [3.8, 4) is 17.1 Å². The number of methoxy groups -OCH3 is 1. The van der Waals surface area contributed by atoms with Gasteiger partial charge in [0.15, 0.2) is 0 Å². The summed E-state index contributed by atoms with van der Waals surface area (Å²) < 4.78 is 5.11. The van der Waals surface area contributed by atoms with Gasteiger partial charge in [0.1, 0.15) is 5.82 Å². The first-order valence-corrected chi connectivity index (χ1v) is 9.55. The highest BCUT2D eigenvalue weighted by Gasteiger charge is 2.21. The molecule has 1 unspecified atom stereocenters. The maximum absolute atomic E-state index is 11.7. The SMILES string of the molecule is COc1ccc(-c2ccnc(CC3CCc4ccc(C(=O)NO)cc4C3)n2)cn1. The number of nitrogens with zero attached hydrogens (tertiary/aromatic N) is 3. The van der Waals surface area contributed by atoms with Crippen LogP contribution in [-0.4, -0.2) is 33.2 Å². The fourth-order valence-electron chi connectivity index (χ4n) is 3.78. The Morgan fingerprint density at radius 2 is 2.10 bits per heavy atom. The van der Waals surface area contributed by atoms with E-state index in [2.05, 4.69) is 9.97 Å². The summed E-state index contributed by atoms with van der Waals surface area (Å²) in [5.74, 6) is 1.28. The number of ether oxygens (including phenoxy) is 1. The van der Waals surface area contributed by atoms with Crippen molar-refractivity contribution in [3.63, 3.8) is 0 Å². The Labute approximate surface area is 168 Å². The number of carbonyl (C=O) groups excluding carboxylic acids is 1. The van der Waals surface area contributed by atoms with Crippen LogP contribution in [0.2, 0.25) is 0 Å². The van der Waals surface area contributed by atoms with E-state index >= 15 is 0 Å². The summed E-state index contributed by atoms with van der Waals surface area (Å²) in [6.07, 6.45) is 7.17. The molecule has 1 aliphatic rings. The molecule has 29 heavy (non-hydrogen) atoms. The maximum Gasteiger partial charge on any atom is 0.274 e. The summed E-state index contributed by atoms with van der Waals surface area (Å²) in [6, 6.07) is 11.2. The summed E-state index contributed by atoms with van der Waals surface area (Å²) in [5, 5.41) is 8.86. The number of fused-ring (bicyclic) bond motifs is 1. The van der Waals surface area contributed by atoms with Gasteiger partial charge in [-0.2, -0.15) is 0 Å². The van der Waals surface area contributed by atoms with Gasteiger partial charge in [0.25, 0.3) is 5.91 Å². The average Bonchev–Trinajstić information content (AvgIpc) is 2.78. The number of nitrogens with one attached hydrogen (secondary N) is 1. The Morgan fingerprint density at radius 1 is 1.21 bits per heavy atom. The minimum absolute atomic E-state index is 0.402. The van der Waals surface area contributed by atoms with Crippen molar-refractivity contribution in [2.45, 2.75) is 25.7 Å². The third-order valence-electron chi connectivity index (χ3n) is 5.32. The average molecular weight is 390 g/mol. The van der Waals surface area contributed by atoms with Crippen LogP contribution in [0.5, 0.6) is 5.88 Å². The molecule has 7 nitrogen and oxygen atoms in total. The third-order valence-corrected chi connectivity index (χ3v) is 5.32. The molecule has 2 N–H and O–H groups in total. The molecule has 0 saturated carbocycles. The summed E-state index contributed by atoms with van der Waals surface area (Å²) in [5.41, 5.74) is 6.33. The van der Waals surface area contributed by atoms with Gasteiger partial charge in [0.05, 0.1) is 12.8 Å². The number of rotatable bonds is 5. The van der Waals surface area contributed by atoms with Crippen molar-refractivity contribution < 1.29 is 14.7 Å². The maximum atomic E-state index is 11.7. The van der Waals surface area contributed by atoms with Crippen molar-refractivity contribution in [2.75, 3.05) is 7.11 Å². The molecule has 148 valence electrons. The van der Waals surface area contributed by atoms with Crippen LogP contribution in [-0.2, 0) is 19.3 Å². The molecule has 1 amide bonds. The van der Waals surface area contributed by atoms with Crippen LogP contribution in [0, 0.1) is 5.92 Å². The van der Waals surface area contributed by atoms with Crippen molar-refractivity contribution in [1.29, 1.82) is 0 Å². The molecule has 0 saturated heterocycles. The number of benzene rings is 1. The number of aryl methyl sites for hydroxylation is 1. The quantitative estimate of drug-likeness (QED) is 0.513. The zero-order chi connectivity index (χ0) is 20.2. The van der Waals surface area contributed by atoms with E-state index < -0.39 is 5.91 Å². The smallest absolute Gasteiger partial charge is 0.274 e. The molecule has 0 aliphatic heterocycles. The number of hydrogen-bond acceptors (Lipinski definition) is 6. The summed E-state index contributed by atoms with van der Waals surface area (Å²) in [6.45, 7) is 0. The molecule has 1 atom stereocenters. The van der Waals surface area contributed by atoms with Crippen LogP contribution in [0.1, 0.15) is 33.7 Å². The first kappa shape index (κ1) is 19.0. The van der Waals surface area contributed by atoms with Crippen molar-refractivity contribution in [1.82, 2.24) is 20.4 Å². The molecule has 0 radical (unpaired) electrons. The predicted octanol–water partition coefficient (Wildman–Crippen LogP) is 3.01. The first-order chi connectivity index (χ1) is 14.2. The Hall–Kier alpha value is -3.32. The Balaban J connectivity index is 1.49. The number of amides is 1. The number of hydroxylamine groups is 1. The molecule has 7 heteroatoms. The molecule has 1 aromatic carbocycles. The van der Waals surface area contributed by atoms with Gasteiger partial charge < -0.3 is 4.74 Å². The molecule has 0 bridgehead atoms. The van der Waals surface area contributed by atoms with Gasteiger partial charge in [-0.3, -0.25) is 10.0 Å². The number of hydrogen-bond donors (Lipinski definition) is 2. The summed E-state index contributed by atoms with van der Waals surface area (Å²) in [4.78, 5) is 25.1. The minimum atomic E-state index is -0.487. The zero-order valence-corrected chi connectivity index (χ0v) is 16.1. The molecule has 2 heterocycles. The monoisotopic (exact) mass is 390 g/mol. The molecule has 1 aliphatic carbocycles. The molecule has 0 spiro atoms. The van der Waals surface area contributed by atoms with E-state index in [0.29, 0.717) is 17.4 Å². The highest BCUT2D eigenvalue weighted by Crippen LogP contribution is 2.28. The fraction of sp³-hybridized carbons (Fsp3) is 0.273. The van der Waals surface area contributed by atoms with E-state index in [-0.39, 0.29) is 0 Å². The van der Waals surface area contributed by atoms with Crippen LogP contribution in [0.4, 0.5) is 0 Å². The molecule has 4 rings (SSSR count). The Morgan fingerprint density at radius 3 is 2.86 bits per heavy atom. The lowest BCUT2D eigenvalue weighted by Crippen LogP contribution is -2.21. The number of aromatic nitrogens is 3. The molecule has 2 aromatic heterocycles. The van der Waals surface area contributed by atoms with Crippen LogP contribution < -0.4 is 10.2 Å². The third kappa shape index (κ3) is 4.25. The normalized spacial score (nSPS) is 15.4. The van der Waals surface area contributed by atoms with Gasteiger partial charge in [-0.05, 0) is 60.6 Å². The lowest BCUT2D eigenvalue weighted by atomic mass is 9.81. The highest BCUT2D eigenvalue weighted by molar-refractivity contribution is 5.93. The van der Waals surface area contributed by atoms with Crippen LogP contribution in [0.3, 0.4) is 0 Å². The standard InChI is InChI=1S/C22H22N4O3/c1-29-21-7-6-17(13-24-21)19-8-9-23-20(25-19)11-14-2-3-15-4-5-16(22(27)26-28)12-18(15)10-14/h4-9,12-14,28H,2-3,10-11H2,1H3,(H,26,27). The van der Waals surface area contributed by atoms with Crippen molar-refractivity contribution >= 4 is 5.91 Å². The van der Waals surface area contributed by atoms with Gasteiger partial charge in [0.2, 0.25) is 5.88 Å². The number of pyridine rings is 1. The van der Waals surface area contributed by atoms with E-state index in [0.717, 1.165) is 48.3 Å². The molecular formula is C22H22N4O3. The van der Waals surface area contributed by atoms with Gasteiger partial charge in [0, 0.05) is 36.0 Å². The minimum Gasteiger partial charge on any atom is -0.481 e.